The Morgan fingerprint density at radius 3 is 3.11 bits per heavy atom. The van der Waals surface area contributed by atoms with Crippen molar-refractivity contribution in [3.8, 4) is 0 Å². The van der Waals surface area contributed by atoms with E-state index in [9.17, 15) is 4.79 Å². The van der Waals surface area contributed by atoms with Crippen LogP contribution in [0.1, 0.15) is 19.8 Å². The first-order valence-electron chi connectivity index (χ1n) is 6.54. The van der Waals surface area contributed by atoms with E-state index in [1.54, 1.807) is 11.3 Å². The maximum Gasteiger partial charge on any atom is 0.325 e. The molecule has 2 heterocycles. The highest BCUT2D eigenvalue weighted by Crippen LogP contribution is 2.35. The number of ether oxygens (including phenoxy) is 1. The van der Waals surface area contributed by atoms with Crippen LogP contribution in [0.2, 0.25) is 0 Å². The molecule has 1 aliphatic carbocycles. The summed E-state index contributed by atoms with van der Waals surface area (Å²) >= 11 is 1.70. The van der Waals surface area contributed by atoms with Gasteiger partial charge in [-0.3, -0.25) is 4.79 Å². The second-order valence-corrected chi connectivity index (χ2v) is 5.58. The lowest BCUT2D eigenvalue weighted by Gasteiger charge is -2.23. The highest BCUT2D eigenvalue weighted by atomic mass is 32.1. The summed E-state index contributed by atoms with van der Waals surface area (Å²) in [7, 11) is 0. The van der Waals surface area contributed by atoms with Gasteiger partial charge in [0, 0.05) is 22.3 Å². The Kier molecular flexibility index (Phi) is 3.38. The molecule has 5 heteroatoms. The summed E-state index contributed by atoms with van der Waals surface area (Å²) in [6.07, 6.45) is 4.07. The SMILES string of the molecule is CCOC(=O)CN(c1nccc2sccc12)C1CC1. The van der Waals surface area contributed by atoms with Crippen LogP contribution in [0.5, 0.6) is 0 Å². The fourth-order valence-corrected chi connectivity index (χ4v) is 2.99. The molecule has 19 heavy (non-hydrogen) atoms. The Morgan fingerprint density at radius 2 is 2.37 bits per heavy atom. The van der Waals surface area contributed by atoms with Crippen LogP contribution in [-0.2, 0) is 9.53 Å². The number of thiophene rings is 1. The molecule has 1 fully saturated rings. The molecule has 0 radical (unpaired) electrons. The van der Waals surface area contributed by atoms with Gasteiger partial charge >= 0.3 is 5.97 Å². The summed E-state index contributed by atoms with van der Waals surface area (Å²) in [5.41, 5.74) is 0. The van der Waals surface area contributed by atoms with Gasteiger partial charge in [0.15, 0.2) is 0 Å². The van der Waals surface area contributed by atoms with Crippen LogP contribution < -0.4 is 4.90 Å². The lowest BCUT2D eigenvalue weighted by atomic mass is 10.3. The lowest BCUT2D eigenvalue weighted by molar-refractivity contribution is -0.141. The van der Waals surface area contributed by atoms with Gasteiger partial charge in [-0.15, -0.1) is 11.3 Å². The molecule has 0 unspecified atom stereocenters. The van der Waals surface area contributed by atoms with Crippen LogP contribution in [0.25, 0.3) is 10.1 Å². The van der Waals surface area contributed by atoms with Gasteiger partial charge in [-0.05, 0) is 37.3 Å². The number of carbonyl (C=O) groups is 1. The number of aromatic nitrogens is 1. The first-order chi connectivity index (χ1) is 9.29. The van der Waals surface area contributed by atoms with E-state index < -0.39 is 0 Å². The van der Waals surface area contributed by atoms with E-state index in [1.807, 2.05) is 19.2 Å². The molecular formula is C14H16N2O2S. The van der Waals surface area contributed by atoms with Crippen LogP contribution in [0, 0.1) is 0 Å². The molecule has 0 atom stereocenters. The largest absolute Gasteiger partial charge is 0.465 e. The third-order valence-electron chi connectivity index (χ3n) is 3.22. The number of nitrogens with zero attached hydrogens (tertiary/aromatic N) is 2. The van der Waals surface area contributed by atoms with Crippen molar-refractivity contribution >= 4 is 33.2 Å². The summed E-state index contributed by atoms with van der Waals surface area (Å²) in [5, 5.41) is 3.19. The minimum atomic E-state index is -0.177. The number of esters is 1. The predicted octanol–water partition coefficient (Wildman–Crippen LogP) is 2.83. The number of fused-ring (bicyclic) bond motifs is 1. The van der Waals surface area contributed by atoms with Crippen molar-refractivity contribution in [1.29, 1.82) is 0 Å². The summed E-state index contributed by atoms with van der Waals surface area (Å²) in [6.45, 7) is 2.55. The molecule has 0 N–H and O–H groups in total. The zero-order valence-electron chi connectivity index (χ0n) is 10.8. The molecule has 100 valence electrons. The van der Waals surface area contributed by atoms with Gasteiger partial charge in [0.2, 0.25) is 0 Å². The quantitative estimate of drug-likeness (QED) is 0.788. The molecule has 0 aliphatic heterocycles. The van der Waals surface area contributed by atoms with Gasteiger partial charge in [-0.1, -0.05) is 0 Å². The third-order valence-corrected chi connectivity index (χ3v) is 4.11. The zero-order chi connectivity index (χ0) is 13.2. The van der Waals surface area contributed by atoms with Crippen molar-refractivity contribution in [3.05, 3.63) is 23.7 Å². The summed E-state index contributed by atoms with van der Waals surface area (Å²) in [4.78, 5) is 18.3. The molecule has 4 nitrogen and oxygen atoms in total. The molecule has 1 aliphatic rings. The second-order valence-electron chi connectivity index (χ2n) is 4.63. The average Bonchev–Trinajstić information content (AvgIpc) is 3.13. The number of pyridine rings is 1. The fraction of sp³-hybridized carbons (Fsp3) is 0.429. The average molecular weight is 276 g/mol. The Morgan fingerprint density at radius 1 is 1.53 bits per heavy atom. The number of anilines is 1. The van der Waals surface area contributed by atoms with Gasteiger partial charge < -0.3 is 9.64 Å². The highest BCUT2D eigenvalue weighted by molar-refractivity contribution is 7.17. The van der Waals surface area contributed by atoms with Crippen molar-refractivity contribution in [2.45, 2.75) is 25.8 Å². The summed E-state index contributed by atoms with van der Waals surface area (Å²) in [5.74, 6) is 0.734. The monoisotopic (exact) mass is 276 g/mol. The first-order valence-corrected chi connectivity index (χ1v) is 7.42. The highest BCUT2D eigenvalue weighted by Gasteiger charge is 2.32. The predicted molar refractivity (Wildman–Crippen MR) is 76.6 cm³/mol. The van der Waals surface area contributed by atoms with E-state index in [1.165, 1.54) is 4.70 Å². The van der Waals surface area contributed by atoms with Gasteiger partial charge in [-0.25, -0.2) is 4.98 Å². The smallest absolute Gasteiger partial charge is 0.325 e. The molecule has 2 aromatic heterocycles. The van der Waals surface area contributed by atoms with Gasteiger partial charge in [0.1, 0.15) is 12.4 Å². The normalized spacial score (nSPS) is 14.6. The molecule has 0 spiro atoms. The van der Waals surface area contributed by atoms with Crippen molar-refractivity contribution in [2.24, 2.45) is 0 Å². The van der Waals surface area contributed by atoms with Crippen molar-refractivity contribution in [2.75, 3.05) is 18.1 Å². The second kappa shape index (κ2) is 5.17. The number of hydrogen-bond acceptors (Lipinski definition) is 5. The molecule has 3 rings (SSSR count). The van der Waals surface area contributed by atoms with Gasteiger partial charge in [0.05, 0.1) is 6.61 Å². The van der Waals surface area contributed by atoms with Gasteiger partial charge in [-0.2, -0.15) is 0 Å². The number of rotatable bonds is 5. The Hall–Kier alpha value is -1.62. The van der Waals surface area contributed by atoms with Crippen molar-refractivity contribution in [3.63, 3.8) is 0 Å². The Bertz CT molecular complexity index is 592. The molecule has 0 aromatic carbocycles. The number of hydrogen-bond donors (Lipinski definition) is 0. The van der Waals surface area contributed by atoms with E-state index in [0.717, 1.165) is 24.0 Å². The summed E-state index contributed by atoms with van der Waals surface area (Å²) in [6, 6.07) is 4.52. The zero-order valence-corrected chi connectivity index (χ0v) is 11.7. The molecule has 0 amide bonds. The fourth-order valence-electron chi connectivity index (χ4n) is 2.22. The van der Waals surface area contributed by atoms with E-state index in [4.69, 9.17) is 4.74 Å². The summed E-state index contributed by atoms with van der Waals surface area (Å²) < 4.78 is 6.27. The third kappa shape index (κ3) is 2.56. The lowest BCUT2D eigenvalue weighted by Crippen LogP contribution is -2.33. The van der Waals surface area contributed by atoms with Crippen LogP contribution in [-0.4, -0.2) is 30.1 Å². The minimum absolute atomic E-state index is 0.177. The van der Waals surface area contributed by atoms with Crippen molar-refractivity contribution in [1.82, 2.24) is 4.98 Å². The topological polar surface area (TPSA) is 42.4 Å². The van der Waals surface area contributed by atoms with E-state index >= 15 is 0 Å². The standard InChI is InChI=1S/C14H16N2O2S/c1-2-18-13(17)9-16(10-3-4-10)14-11-6-8-19-12(11)5-7-15-14/h5-8,10H,2-4,9H2,1H3. The minimum Gasteiger partial charge on any atom is -0.465 e. The molecule has 2 aromatic rings. The van der Waals surface area contributed by atoms with Crippen molar-refractivity contribution < 1.29 is 9.53 Å². The molecule has 0 bridgehead atoms. The van der Waals surface area contributed by atoms with Gasteiger partial charge in [0.25, 0.3) is 0 Å². The maximum atomic E-state index is 11.7. The number of carbonyl (C=O) groups excluding carboxylic acids is 1. The molecule has 0 saturated heterocycles. The van der Waals surface area contributed by atoms with E-state index in [-0.39, 0.29) is 5.97 Å². The Labute approximate surface area is 116 Å². The molecule has 1 saturated carbocycles. The molecular weight excluding hydrogens is 260 g/mol. The first kappa shape index (κ1) is 12.4. The maximum absolute atomic E-state index is 11.7. The van der Waals surface area contributed by atoms with Crippen LogP contribution in [0.4, 0.5) is 5.82 Å². The van der Waals surface area contributed by atoms with E-state index in [0.29, 0.717) is 19.2 Å². The van der Waals surface area contributed by atoms with Crippen LogP contribution in [0.15, 0.2) is 23.7 Å². The van der Waals surface area contributed by atoms with E-state index in [2.05, 4.69) is 21.3 Å². The van der Waals surface area contributed by atoms with Crippen LogP contribution in [0.3, 0.4) is 0 Å². The Balaban J connectivity index is 1.91. The van der Waals surface area contributed by atoms with Crippen LogP contribution >= 0.6 is 11.3 Å².